The van der Waals surface area contributed by atoms with Crippen LogP contribution >= 0.6 is 23.4 Å². The first-order valence-corrected chi connectivity index (χ1v) is 13.2. The number of ether oxygens (including phenoxy) is 1. The lowest BCUT2D eigenvalue weighted by Gasteiger charge is -2.19. The van der Waals surface area contributed by atoms with E-state index >= 15 is 0 Å². The number of fused-ring (bicyclic) bond motifs is 3. The Morgan fingerprint density at radius 3 is 2.51 bits per heavy atom. The van der Waals surface area contributed by atoms with Gasteiger partial charge in [-0.1, -0.05) is 89.6 Å². The first-order chi connectivity index (χ1) is 18.1. The Morgan fingerprint density at radius 1 is 0.946 bits per heavy atom. The SMILES string of the molecule is Cc1ccc(CSc2nnc3c(n2)O[C@@H](c2c(C)nn(-c4ccccc4)c2Cl)Nc2ccccc2-3)cc1. The number of nitrogens with zero attached hydrogens (tertiary/aromatic N) is 5. The first-order valence-electron chi connectivity index (χ1n) is 11.8. The number of halogens is 1. The third kappa shape index (κ3) is 4.65. The van der Waals surface area contributed by atoms with Gasteiger partial charge >= 0.3 is 0 Å². The maximum atomic E-state index is 6.89. The molecule has 9 heteroatoms. The Morgan fingerprint density at radius 2 is 1.70 bits per heavy atom. The minimum Gasteiger partial charge on any atom is -0.447 e. The first kappa shape index (κ1) is 23.5. The number of benzene rings is 3. The standard InChI is InChI=1S/C28H23ClN6OS/c1-17-12-14-19(15-13-17)16-37-28-31-27-24(32-33-28)21-10-6-7-11-22(21)30-26(36-27)23-18(2)34-35(25(23)29)20-8-4-3-5-9-20/h3-15,26,30H,16H2,1-2H3/t26-/m0/s1. The van der Waals surface area contributed by atoms with Crippen molar-refractivity contribution in [1.29, 1.82) is 0 Å². The molecule has 1 N–H and O–H groups in total. The van der Waals surface area contributed by atoms with Crippen LogP contribution in [-0.2, 0) is 5.75 Å². The van der Waals surface area contributed by atoms with Crippen LogP contribution in [0.1, 0.15) is 28.6 Å². The molecule has 0 aliphatic carbocycles. The van der Waals surface area contributed by atoms with Gasteiger partial charge in [0.15, 0.2) is 5.69 Å². The van der Waals surface area contributed by atoms with Crippen molar-refractivity contribution in [3.05, 3.63) is 106 Å². The molecule has 3 heterocycles. The molecule has 0 radical (unpaired) electrons. The summed E-state index contributed by atoms with van der Waals surface area (Å²) in [6.07, 6.45) is -0.626. The number of nitrogens with one attached hydrogen (secondary N) is 1. The second-order valence-corrected chi connectivity index (χ2v) is 10.0. The Hall–Kier alpha value is -3.88. The molecule has 5 aromatic rings. The molecule has 184 valence electrons. The van der Waals surface area contributed by atoms with Crippen LogP contribution in [0.3, 0.4) is 0 Å². The largest absolute Gasteiger partial charge is 0.447 e. The predicted octanol–water partition coefficient (Wildman–Crippen LogP) is 6.79. The summed E-state index contributed by atoms with van der Waals surface area (Å²) in [5.41, 5.74) is 7.07. The summed E-state index contributed by atoms with van der Waals surface area (Å²) in [5.74, 6) is 1.13. The van der Waals surface area contributed by atoms with Crippen LogP contribution in [-0.4, -0.2) is 25.0 Å². The van der Waals surface area contributed by atoms with Gasteiger partial charge in [-0.3, -0.25) is 0 Å². The van der Waals surface area contributed by atoms with Crippen LogP contribution in [0, 0.1) is 13.8 Å². The van der Waals surface area contributed by atoms with Gasteiger partial charge in [-0.25, -0.2) is 4.68 Å². The van der Waals surface area contributed by atoms with E-state index in [1.807, 2.05) is 61.5 Å². The highest BCUT2D eigenvalue weighted by atomic mass is 35.5. The quantitative estimate of drug-likeness (QED) is 0.252. The van der Waals surface area contributed by atoms with Crippen molar-refractivity contribution in [3.8, 4) is 22.8 Å². The van der Waals surface area contributed by atoms with Gasteiger partial charge in [0.1, 0.15) is 5.15 Å². The van der Waals surface area contributed by atoms with Crippen LogP contribution in [0.5, 0.6) is 5.88 Å². The van der Waals surface area contributed by atoms with E-state index in [1.54, 1.807) is 4.68 Å². The normalized spacial score (nSPS) is 14.2. The molecule has 0 spiro atoms. The molecular weight excluding hydrogens is 504 g/mol. The van der Waals surface area contributed by atoms with Crippen LogP contribution in [0.2, 0.25) is 5.15 Å². The van der Waals surface area contributed by atoms with Gasteiger partial charge in [0.05, 0.1) is 16.9 Å². The second-order valence-electron chi connectivity index (χ2n) is 8.75. The van der Waals surface area contributed by atoms with Gasteiger partial charge in [-0.05, 0) is 37.6 Å². The van der Waals surface area contributed by atoms with Gasteiger partial charge in [0.25, 0.3) is 0 Å². The monoisotopic (exact) mass is 526 g/mol. The molecule has 7 nitrogen and oxygen atoms in total. The van der Waals surface area contributed by atoms with E-state index in [0.717, 1.165) is 33.9 Å². The number of hydrogen-bond acceptors (Lipinski definition) is 7. The van der Waals surface area contributed by atoms with E-state index in [9.17, 15) is 0 Å². The zero-order valence-electron chi connectivity index (χ0n) is 20.2. The molecule has 1 aliphatic rings. The zero-order chi connectivity index (χ0) is 25.4. The lowest BCUT2D eigenvalue weighted by molar-refractivity contribution is 0.224. The maximum absolute atomic E-state index is 6.89. The second kappa shape index (κ2) is 9.88. The molecule has 0 saturated carbocycles. The molecule has 3 aromatic carbocycles. The van der Waals surface area contributed by atoms with Crippen LogP contribution in [0.25, 0.3) is 16.9 Å². The van der Waals surface area contributed by atoms with E-state index in [1.165, 1.54) is 22.9 Å². The van der Waals surface area contributed by atoms with Crippen molar-refractivity contribution < 1.29 is 4.74 Å². The van der Waals surface area contributed by atoms with E-state index in [2.05, 4.69) is 46.7 Å². The number of aromatic nitrogens is 5. The van der Waals surface area contributed by atoms with Gasteiger partial charge in [-0.2, -0.15) is 10.1 Å². The molecule has 0 bridgehead atoms. The summed E-state index contributed by atoms with van der Waals surface area (Å²) in [5, 5.41) is 18.1. The Balaban J connectivity index is 1.37. The van der Waals surface area contributed by atoms with Gasteiger partial charge in [-0.15, -0.1) is 10.2 Å². The Bertz CT molecular complexity index is 1570. The molecule has 0 fully saturated rings. The number of rotatable bonds is 5. The smallest absolute Gasteiger partial charge is 0.247 e. The van der Waals surface area contributed by atoms with Crippen molar-refractivity contribution in [2.45, 2.75) is 31.0 Å². The fourth-order valence-electron chi connectivity index (χ4n) is 4.22. The van der Waals surface area contributed by atoms with Gasteiger partial charge in [0.2, 0.25) is 17.3 Å². The molecule has 0 unspecified atom stereocenters. The molecule has 1 aliphatic heterocycles. The van der Waals surface area contributed by atoms with Crippen molar-refractivity contribution in [2.24, 2.45) is 0 Å². The van der Waals surface area contributed by atoms with E-state index in [0.29, 0.717) is 21.9 Å². The fourth-order valence-corrected chi connectivity index (χ4v) is 5.33. The number of hydrogen-bond donors (Lipinski definition) is 1. The van der Waals surface area contributed by atoms with Crippen molar-refractivity contribution in [1.82, 2.24) is 25.0 Å². The minimum atomic E-state index is -0.626. The van der Waals surface area contributed by atoms with E-state index in [4.69, 9.17) is 26.4 Å². The molecule has 37 heavy (non-hydrogen) atoms. The molecule has 0 saturated heterocycles. The highest BCUT2D eigenvalue weighted by molar-refractivity contribution is 7.98. The Labute approximate surface area is 223 Å². The summed E-state index contributed by atoms with van der Waals surface area (Å²) < 4.78 is 8.19. The fraction of sp³-hybridized carbons (Fsp3) is 0.143. The van der Waals surface area contributed by atoms with Crippen LogP contribution < -0.4 is 10.1 Å². The van der Waals surface area contributed by atoms with Crippen molar-refractivity contribution in [3.63, 3.8) is 0 Å². The average molecular weight is 527 g/mol. The summed E-state index contributed by atoms with van der Waals surface area (Å²) in [6.45, 7) is 4.00. The summed E-state index contributed by atoms with van der Waals surface area (Å²) in [7, 11) is 0. The third-order valence-corrected chi connectivity index (χ3v) is 7.41. The maximum Gasteiger partial charge on any atom is 0.247 e. The highest BCUT2D eigenvalue weighted by Gasteiger charge is 2.31. The lowest BCUT2D eigenvalue weighted by Crippen LogP contribution is -2.18. The average Bonchev–Trinajstić information content (AvgIpc) is 3.12. The van der Waals surface area contributed by atoms with E-state index < -0.39 is 6.23 Å². The molecule has 2 aromatic heterocycles. The number of anilines is 1. The van der Waals surface area contributed by atoms with Crippen LogP contribution in [0.15, 0.2) is 84.0 Å². The summed E-state index contributed by atoms with van der Waals surface area (Å²) in [6, 6.07) is 26.1. The Kier molecular flexibility index (Phi) is 6.28. The molecule has 0 amide bonds. The summed E-state index contributed by atoms with van der Waals surface area (Å²) >= 11 is 8.41. The summed E-state index contributed by atoms with van der Waals surface area (Å²) in [4.78, 5) is 4.76. The number of thioether (sulfide) groups is 1. The van der Waals surface area contributed by atoms with Gasteiger partial charge < -0.3 is 10.1 Å². The van der Waals surface area contributed by atoms with Gasteiger partial charge in [0, 0.05) is 17.0 Å². The lowest BCUT2D eigenvalue weighted by atomic mass is 10.1. The van der Waals surface area contributed by atoms with Crippen molar-refractivity contribution >= 4 is 29.1 Å². The predicted molar refractivity (Wildman–Crippen MR) is 146 cm³/mol. The zero-order valence-corrected chi connectivity index (χ0v) is 21.8. The van der Waals surface area contributed by atoms with Crippen molar-refractivity contribution in [2.75, 3.05) is 5.32 Å². The molecule has 6 rings (SSSR count). The number of aryl methyl sites for hydroxylation is 2. The number of para-hydroxylation sites is 2. The van der Waals surface area contributed by atoms with Crippen LogP contribution in [0.4, 0.5) is 5.69 Å². The molecular formula is C28H23ClN6OS. The third-order valence-electron chi connectivity index (χ3n) is 6.13. The van der Waals surface area contributed by atoms with E-state index in [-0.39, 0.29) is 0 Å². The minimum absolute atomic E-state index is 0.395. The highest BCUT2D eigenvalue weighted by Crippen LogP contribution is 2.41. The molecule has 1 atom stereocenters. The topological polar surface area (TPSA) is 77.8 Å².